The fourth-order valence-electron chi connectivity index (χ4n) is 2.16. The van der Waals surface area contributed by atoms with E-state index in [-0.39, 0.29) is 22.9 Å². The van der Waals surface area contributed by atoms with Crippen LogP contribution in [0.5, 0.6) is 5.75 Å². The Morgan fingerprint density at radius 2 is 1.95 bits per heavy atom. The van der Waals surface area contributed by atoms with E-state index in [0.717, 1.165) is 18.4 Å². The van der Waals surface area contributed by atoms with Gasteiger partial charge in [-0.1, -0.05) is 19.9 Å². The second-order valence-electron chi connectivity index (χ2n) is 5.60. The highest BCUT2D eigenvalue weighted by molar-refractivity contribution is 5.96. The summed E-state index contributed by atoms with van der Waals surface area (Å²) in [5.41, 5.74) is 1.14. The van der Waals surface area contributed by atoms with Crippen molar-refractivity contribution in [3.05, 3.63) is 29.3 Å². The third kappa shape index (κ3) is 4.08. The highest BCUT2D eigenvalue weighted by atomic mass is 16.5. The van der Waals surface area contributed by atoms with E-state index in [1.807, 2.05) is 6.07 Å². The molecule has 0 atom stereocenters. The first kappa shape index (κ1) is 16.2. The van der Waals surface area contributed by atoms with Gasteiger partial charge in [-0.2, -0.15) is 0 Å². The summed E-state index contributed by atoms with van der Waals surface area (Å²) >= 11 is 0. The summed E-state index contributed by atoms with van der Waals surface area (Å²) in [5, 5.41) is 9.67. The van der Waals surface area contributed by atoms with Crippen LogP contribution in [-0.2, 0) is 14.9 Å². The molecule has 1 rings (SSSR count). The second kappa shape index (κ2) is 6.55. The number of phenolic OH excluding ortho intramolecular Hbond substituents is 1. The SMILES string of the molecule is COC(=O)CCCC(C)(C)c1ccc(O)c(C(C)=O)c1. The summed E-state index contributed by atoms with van der Waals surface area (Å²) in [7, 11) is 1.38. The minimum Gasteiger partial charge on any atom is -0.507 e. The quantitative estimate of drug-likeness (QED) is 0.641. The van der Waals surface area contributed by atoms with E-state index in [9.17, 15) is 14.7 Å². The Balaban J connectivity index is 2.84. The number of ketones is 1. The van der Waals surface area contributed by atoms with E-state index in [1.165, 1.54) is 14.0 Å². The van der Waals surface area contributed by atoms with E-state index >= 15 is 0 Å². The summed E-state index contributed by atoms with van der Waals surface area (Å²) < 4.78 is 4.62. The number of esters is 1. The molecule has 1 aromatic rings. The topological polar surface area (TPSA) is 63.6 Å². The van der Waals surface area contributed by atoms with Gasteiger partial charge in [0.15, 0.2) is 5.78 Å². The average molecular weight is 278 g/mol. The summed E-state index contributed by atoms with van der Waals surface area (Å²) in [6, 6.07) is 5.10. The number of methoxy groups -OCH3 is 1. The zero-order valence-corrected chi connectivity index (χ0v) is 12.5. The molecule has 0 spiro atoms. The van der Waals surface area contributed by atoms with Gasteiger partial charge in [-0.05, 0) is 42.9 Å². The maximum absolute atomic E-state index is 11.5. The van der Waals surface area contributed by atoms with Crippen molar-refractivity contribution in [1.29, 1.82) is 0 Å². The van der Waals surface area contributed by atoms with Crippen molar-refractivity contribution in [3.63, 3.8) is 0 Å². The van der Waals surface area contributed by atoms with Gasteiger partial charge in [0.2, 0.25) is 0 Å². The van der Waals surface area contributed by atoms with Crippen molar-refractivity contribution in [3.8, 4) is 5.75 Å². The Hall–Kier alpha value is -1.84. The van der Waals surface area contributed by atoms with Crippen molar-refractivity contribution in [2.45, 2.75) is 45.4 Å². The summed E-state index contributed by atoms with van der Waals surface area (Å²) in [5.74, 6) is -0.364. The number of carbonyl (C=O) groups excluding carboxylic acids is 2. The van der Waals surface area contributed by atoms with Crippen LogP contribution in [0.25, 0.3) is 0 Å². The molecular formula is C16H22O4. The van der Waals surface area contributed by atoms with Crippen LogP contribution < -0.4 is 0 Å². The van der Waals surface area contributed by atoms with Crippen LogP contribution in [0.1, 0.15) is 56.0 Å². The maximum atomic E-state index is 11.5. The number of Topliss-reactive ketones (excluding diaryl/α,β-unsaturated/α-hetero) is 1. The highest BCUT2D eigenvalue weighted by Crippen LogP contribution is 2.32. The summed E-state index contributed by atoms with van der Waals surface area (Å²) in [6.07, 6.45) is 1.90. The van der Waals surface area contributed by atoms with Gasteiger partial charge in [0.05, 0.1) is 12.7 Å². The first-order valence-electron chi connectivity index (χ1n) is 6.69. The molecule has 0 heterocycles. The third-order valence-corrected chi connectivity index (χ3v) is 3.57. The number of ether oxygens (including phenoxy) is 1. The van der Waals surface area contributed by atoms with Crippen LogP contribution in [0.15, 0.2) is 18.2 Å². The standard InChI is InChI=1S/C16H22O4/c1-11(17)13-10-12(7-8-14(13)18)16(2,3)9-5-6-15(19)20-4/h7-8,10,18H,5-6,9H2,1-4H3. The smallest absolute Gasteiger partial charge is 0.305 e. The van der Waals surface area contributed by atoms with Gasteiger partial charge in [0.25, 0.3) is 0 Å². The molecule has 1 aromatic carbocycles. The number of hydrogen-bond acceptors (Lipinski definition) is 4. The predicted octanol–water partition coefficient (Wildman–Crippen LogP) is 3.22. The van der Waals surface area contributed by atoms with Crippen molar-refractivity contribution in [2.75, 3.05) is 7.11 Å². The Bertz CT molecular complexity index is 503. The van der Waals surface area contributed by atoms with Gasteiger partial charge in [0, 0.05) is 6.42 Å². The van der Waals surface area contributed by atoms with Crippen molar-refractivity contribution >= 4 is 11.8 Å². The van der Waals surface area contributed by atoms with Crippen molar-refractivity contribution in [1.82, 2.24) is 0 Å². The zero-order chi connectivity index (χ0) is 15.3. The molecule has 110 valence electrons. The van der Waals surface area contributed by atoms with E-state index in [1.54, 1.807) is 12.1 Å². The molecule has 0 aliphatic carbocycles. The van der Waals surface area contributed by atoms with Gasteiger partial charge in [-0.25, -0.2) is 0 Å². The molecule has 0 saturated carbocycles. The molecule has 0 radical (unpaired) electrons. The van der Waals surface area contributed by atoms with Crippen LogP contribution in [0.4, 0.5) is 0 Å². The van der Waals surface area contributed by atoms with E-state index < -0.39 is 0 Å². The molecule has 20 heavy (non-hydrogen) atoms. The lowest BCUT2D eigenvalue weighted by Gasteiger charge is -2.25. The number of rotatable bonds is 6. The van der Waals surface area contributed by atoms with E-state index in [4.69, 9.17) is 0 Å². The normalized spacial score (nSPS) is 11.2. The molecule has 0 aromatic heterocycles. The molecular weight excluding hydrogens is 256 g/mol. The van der Waals surface area contributed by atoms with Gasteiger partial charge in [-0.3, -0.25) is 9.59 Å². The number of carbonyl (C=O) groups is 2. The van der Waals surface area contributed by atoms with Crippen LogP contribution in [-0.4, -0.2) is 24.0 Å². The maximum Gasteiger partial charge on any atom is 0.305 e. The number of phenols is 1. The molecule has 4 heteroatoms. The zero-order valence-electron chi connectivity index (χ0n) is 12.5. The molecule has 0 unspecified atom stereocenters. The summed E-state index contributed by atoms with van der Waals surface area (Å²) in [4.78, 5) is 22.6. The number of benzene rings is 1. The third-order valence-electron chi connectivity index (χ3n) is 3.57. The van der Waals surface area contributed by atoms with E-state index in [0.29, 0.717) is 12.0 Å². The Labute approximate surface area is 119 Å². The first-order valence-corrected chi connectivity index (χ1v) is 6.69. The number of aromatic hydroxyl groups is 1. The Morgan fingerprint density at radius 1 is 1.30 bits per heavy atom. The summed E-state index contributed by atoms with van der Waals surface area (Å²) in [6.45, 7) is 5.55. The molecule has 0 amide bonds. The Kier molecular flexibility index (Phi) is 5.31. The fourth-order valence-corrected chi connectivity index (χ4v) is 2.16. The first-order chi connectivity index (χ1) is 9.27. The minimum atomic E-state index is -0.212. The lowest BCUT2D eigenvalue weighted by Crippen LogP contribution is -2.18. The fraction of sp³-hybridized carbons (Fsp3) is 0.500. The molecule has 0 bridgehead atoms. The van der Waals surface area contributed by atoms with Crippen molar-refractivity contribution in [2.24, 2.45) is 0 Å². The second-order valence-corrected chi connectivity index (χ2v) is 5.60. The van der Waals surface area contributed by atoms with Crippen LogP contribution in [0.2, 0.25) is 0 Å². The van der Waals surface area contributed by atoms with Crippen LogP contribution >= 0.6 is 0 Å². The van der Waals surface area contributed by atoms with Gasteiger partial charge in [0.1, 0.15) is 5.75 Å². The molecule has 0 fully saturated rings. The molecule has 0 saturated heterocycles. The molecule has 1 N–H and O–H groups in total. The minimum absolute atomic E-state index is 0.00612. The highest BCUT2D eigenvalue weighted by Gasteiger charge is 2.22. The number of hydrogen-bond donors (Lipinski definition) is 1. The van der Waals surface area contributed by atoms with Crippen LogP contribution in [0, 0.1) is 0 Å². The lowest BCUT2D eigenvalue weighted by molar-refractivity contribution is -0.140. The van der Waals surface area contributed by atoms with E-state index in [2.05, 4.69) is 18.6 Å². The molecule has 4 nitrogen and oxygen atoms in total. The largest absolute Gasteiger partial charge is 0.507 e. The van der Waals surface area contributed by atoms with Gasteiger partial charge in [-0.15, -0.1) is 0 Å². The Morgan fingerprint density at radius 3 is 2.50 bits per heavy atom. The predicted molar refractivity (Wildman–Crippen MR) is 77.0 cm³/mol. The molecule has 0 aliphatic heterocycles. The molecule has 0 aliphatic rings. The average Bonchev–Trinajstić information content (AvgIpc) is 2.38. The van der Waals surface area contributed by atoms with Crippen LogP contribution in [0.3, 0.4) is 0 Å². The van der Waals surface area contributed by atoms with Crippen molar-refractivity contribution < 1.29 is 19.4 Å². The van der Waals surface area contributed by atoms with Gasteiger partial charge < -0.3 is 9.84 Å². The van der Waals surface area contributed by atoms with Gasteiger partial charge >= 0.3 is 5.97 Å². The monoisotopic (exact) mass is 278 g/mol. The lowest BCUT2D eigenvalue weighted by atomic mass is 9.79.